The molecule has 0 fully saturated rings. The monoisotopic (exact) mass is 368 g/mol. The number of nitrogens with one attached hydrogen (secondary N) is 1. The number of anilines is 2. The zero-order valence-corrected chi connectivity index (χ0v) is 14.8. The molecule has 1 aliphatic heterocycles. The second-order valence-corrected chi connectivity index (χ2v) is 6.62. The molecule has 0 atom stereocenters. The molecule has 1 aromatic heterocycles. The van der Waals surface area contributed by atoms with Gasteiger partial charge in [-0.1, -0.05) is 48.5 Å². The van der Waals surface area contributed by atoms with Gasteiger partial charge in [0.1, 0.15) is 5.69 Å². The number of rotatable bonds is 4. The van der Waals surface area contributed by atoms with E-state index in [1.54, 1.807) is 12.1 Å². The van der Waals surface area contributed by atoms with Gasteiger partial charge in [-0.2, -0.15) is 9.98 Å². The van der Waals surface area contributed by atoms with Gasteiger partial charge in [-0.05, 0) is 29.8 Å². The lowest BCUT2D eigenvalue weighted by molar-refractivity contribution is 0.256. The van der Waals surface area contributed by atoms with E-state index < -0.39 is 6.03 Å². The Kier molecular flexibility index (Phi) is 3.69. The molecule has 136 valence electrons. The lowest BCUT2D eigenvalue weighted by atomic mass is 10.2. The molecule has 2 amide bonds. The molecule has 6 nitrogen and oxygen atoms in total. The molecule has 6 heteroatoms. The molecule has 5 rings (SSSR count). The number of aromatic nitrogens is 1. The normalized spacial score (nSPS) is 12.5. The third kappa shape index (κ3) is 2.72. The zero-order valence-electron chi connectivity index (χ0n) is 14.8. The summed E-state index contributed by atoms with van der Waals surface area (Å²) in [5.74, 6) is 0.156. The highest BCUT2D eigenvalue weighted by molar-refractivity contribution is 5.98. The Morgan fingerprint density at radius 3 is 2.50 bits per heavy atom. The molecule has 2 N–H and O–H groups in total. The molecule has 0 radical (unpaired) electrons. The van der Waals surface area contributed by atoms with Gasteiger partial charge in [0.05, 0.1) is 22.8 Å². The van der Waals surface area contributed by atoms with Crippen molar-refractivity contribution in [3.63, 3.8) is 0 Å². The summed E-state index contributed by atoms with van der Waals surface area (Å²) in [6.45, 7) is 0.557. The van der Waals surface area contributed by atoms with Gasteiger partial charge in [0.2, 0.25) is 5.88 Å². The molecule has 0 aliphatic carbocycles. The highest BCUT2D eigenvalue weighted by Gasteiger charge is 2.17. The van der Waals surface area contributed by atoms with Gasteiger partial charge < -0.3 is 15.0 Å². The number of carbonyl (C=O) groups excluding carboxylic acids is 1. The second-order valence-electron chi connectivity index (χ2n) is 6.62. The molecule has 0 saturated carbocycles. The molecule has 0 unspecified atom stereocenters. The van der Waals surface area contributed by atoms with Crippen LogP contribution in [-0.2, 0) is 6.54 Å². The van der Waals surface area contributed by atoms with Crippen LogP contribution in [0.25, 0.3) is 10.9 Å². The molecular formula is C22H16N4O2. The molecule has 0 saturated heterocycles. The van der Waals surface area contributed by atoms with Crippen molar-refractivity contribution in [1.82, 2.24) is 4.57 Å². The number of urea groups is 1. The molecule has 28 heavy (non-hydrogen) atoms. The van der Waals surface area contributed by atoms with Crippen LogP contribution in [0.15, 0.2) is 82.8 Å². The summed E-state index contributed by atoms with van der Waals surface area (Å²) in [5, 5.41) is 16.3. The minimum Gasteiger partial charge on any atom is -0.493 e. The van der Waals surface area contributed by atoms with Gasteiger partial charge in [-0.15, -0.1) is 0 Å². The summed E-state index contributed by atoms with van der Waals surface area (Å²) in [5.41, 5.74) is 3.38. The summed E-state index contributed by atoms with van der Waals surface area (Å²) in [7, 11) is 0. The average Bonchev–Trinajstić information content (AvgIpc) is 3.21. The highest BCUT2D eigenvalue weighted by atomic mass is 16.3. The van der Waals surface area contributed by atoms with Gasteiger partial charge in [0, 0.05) is 11.1 Å². The zero-order chi connectivity index (χ0) is 19.1. The standard InChI is InChI=1S/C22H16N4O2/c27-21-20(23-15-10-11-17-18(12-15)25-22(28)24-17)16-8-4-5-9-19(16)26(21)13-14-6-2-1-3-7-14/h1-12,23,27H,13H2. The van der Waals surface area contributed by atoms with Crippen molar-refractivity contribution in [2.24, 2.45) is 9.98 Å². The van der Waals surface area contributed by atoms with Crippen LogP contribution in [0, 0.1) is 0 Å². The molecule has 4 aromatic rings. The molecule has 3 aromatic carbocycles. The van der Waals surface area contributed by atoms with E-state index in [2.05, 4.69) is 15.3 Å². The van der Waals surface area contributed by atoms with Gasteiger partial charge in [0.15, 0.2) is 0 Å². The summed E-state index contributed by atoms with van der Waals surface area (Å²) < 4.78 is 1.88. The van der Waals surface area contributed by atoms with Crippen molar-refractivity contribution in [3.05, 3.63) is 89.1 Å². The van der Waals surface area contributed by atoms with Crippen LogP contribution in [0.3, 0.4) is 0 Å². The molecule has 1 aliphatic rings. The number of fused-ring (bicyclic) bond motifs is 2. The predicted molar refractivity (Wildman–Crippen MR) is 107 cm³/mol. The minimum atomic E-state index is -0.491. The van der Waals surface area contributed by atoms with Crippen LogP contribution < -0.4 is 16.0 Å². The van der Waals surface area contributed by atoms with Gasteiger partial charge >= 0.3 is 6.03 Å². The van der Waals surface area contributed by atoms with E-state index in [9.17, 15) is 9.90 Å². The topological polar surface area (TPSA) is 79.0 Å². The summed E-state index contributed by atoms with van der Waals surface area (Å²) in [6.07, 6.45) is 0. The average molecular weight is 368 g/mol. The number of amides is 2. The Balaban J connectivity index is 1.60. The fourth-order valence-electron chi connectivity index (χ4n) is 3.50. The van der Waals surface area contributed by atoms with Crippen LogP contribution in [0.2, 0.25) is 0 Å². The van der Waals surface area contributed by atoms with E-state index in [1.807, 2.05) is 65.2 Å². The Morgan fingerprint density at radius 2 is 1.64 bits per heavy atom. The first-order valence-electron chi connectivity index (χ1n) is 8.92. The van der Waals surface area contributed by atoms with Crippen LogP contribution >= 0.6 is 0 Å². The molecular weight excluding hydrogens is 352 g/mol. The summed E-state index contributed by atoms with van der Waals surface area (Å²) in [6, 6.07) is 22.7. The number of aromatic hydroxyl groups is 1. The molecule has 2 heterocycles. The Labute approximate surface area is 160 Å². The number of nitrogens with zero attached hydrogens (tertiary/aromatic N) is 3. The largest absolute Gasteiger partial charge is 0.493 e. The maximum absolute atomic E-state index is 11.4. The van der Waals surface area contributed by atoms with Crippen LogP contribution in [0.5, 0.6) is 5.88 Å². The first-order valence-corrected chi connectivity index (χ1v) is 8.92. The molecule has 0 bridgehead atoms. The fraction of sp³-hybridized carbons (Fsp3) is 0.0455. The van der Waals surface area contributed by atoms with Gasteiger partial charge in [-0.25, -0.2) is 4.79 Å². The van der Waals surface area contributed by atoms with Crippen molar-refractivity contribution in [3.8, 4) is 5.88 Å². The van der Waals surface area contributed by atoms with Crippen molar-refractivity contribution in [2.75, 3.05) is 5.32 Å². The maximum atomic E-state index is 11.4. The maximum Gasteiger partial charge on any atom is 0.368 e. The van der Waals surface area contributed by atoms with Crippen LogP contribution in [0.1, 0.15) is 5.56 Å². The van der Waals surface area contributed by atoms with Crippen molar-refractivity contribution < 1.29 is 9.90 Å². The third-order valence-corrected chi connectivity index (χ3v) is 4.80. The first-order chi connectivity index (χ1) is 13.7. The quantitative estimate of drug-likeness (QED) is 0.579. The van der Waals surface area contributed by atoms with Gasteiger partial charge in [-0.3, -0.25) is 0 Å². The molecule has 0 spiro atoms. The Morgan fingerprint density at radius 1 is 0.893 bits per heavy atom. The van der Waals surface area contributed by atoms with Crippen LogP contribution in [0.4, 0.5) is 16.2 Å². The van der Waals surface area contributed by atoms with Crippen LogP contribution in [-0.4, -0.2) is 15.7 Å². The fourth-order valence-corrected chi connectivity index (χ4v) is 3.50. The van der Waals surface area contributed by atoms with E-state index in [0.717, 1.165) is 22.2 Å². The van der Waals surface area contributed by atoms with E-state index in [0.29, 0.717) is 22.9 Å². The van der Waals surface area contributed by atoms with E-state index in [1.165, 1.54) is 0 Å². The number of hydrogen-bond acceptors (Lipinski definition) is 3. The van der Waals surface area contributed by atoms with E-state index >= 15 is 0 Å². The Bertz CT molecular complexity index is 1340. The predicted octanol–water partition coefficient (Wildman–Crippen LogP) is 3.51. The smallest absolute Gasteiger partial charge is 0.368 e. The number of hydrogen-bond donors (Lipinski definition) is 2. The SMILES string of the molecule is O=C1N=c2ccc(Nc3c(O)n(Cc4ccccc4)c4ccccc34)cc2=N1. The van der Waals surface area contributed by atoms with Crippen molar-refractivity contribution in [2.45, 2.75) is 6.54 Å². The Hall–Kier alpha value is -3.93. The highest BCUT2D eigenvalue weighted by Crippen LogP contribution is 2.38. The lowest BCUT2D eigenvalue weighted by Gasteiger charge is -2.08. The van der Waals surface area contributed by atoms with Crippen molar-refractivity contribution in [1.29, 1.82) is 0 Å². The van der Waals surface area contributed by atoms with Gasteiger partial charge in [0.25, 0.3) is 0 Å². The van der Waals surface area contributed by atoms with E-state index in [4.69, 9.17) is 0 Å². The first kappa shape index (κ1) is 16.3. The third-order valence-electron chi connectivity index (χ3n) is 4.80. The summed E-state index contributed by atoms with van der Waals surface area (Å²) >= 11 is 0. The number of carbonyl (C=O) groups is 1. The van der Waals surface area contributed by atoms with E-state index in [-0.39, 0.29) is 5.88 Å². The minimum absolute atomic E-state index is 0.156. The number of benzene rings is 3. The second kappa shape index (κ2) is 6.35. The number of para-hydroxylation sites is 1. The lowest BCUT2D eigenvalue weighted by Crippen LogP contribution is -2.21. The van der Waals surface area contributed by atoms with Crippen molar-refractivity contribution >= 4 is 28.3 Å². The summed E-state index contributed by atoms with van der Waals surface area (Å²) in [4.78, 5) is 19.1.